The number of anilines is 1. The largest absolute Gasteiger partial charge is 0.489 e. The highest BCUT2D eigenvalue weighted by molar-refractivity contribution is 5.93. The van der Waals surface area contributed by atoms with E-state index in [0.717, 1.165) is 24.2 Å². The first kappa shape index (κ1) is 21.9. The van der Waals surface area contributed by atoms with Crippen LogP contribution in [0.1, 0.15) is 51.5 Å². The Kier molecular flexibility index (Phi) is 7.89. The first-order valence-corrected chi connectivity index (χ1v) is 10.9. The van der Waals surface area contributed by atoms with Gasteiger partial charge in [-0.1, -0.05) is 57.0 Å². The van der Waals surface area contributed by atoms with Crippen molar-refractivity contribution >= 4 is 17.5 Å². The number of benzene rings is 2. The smallest absolute Gasteiger partial charge is 0.224 e. The fraction of sp³-hybridized carbons (Fsp3) is 0.440. The molecule has 1 fully saturated rings. The molecule has 5 heteroatoms. The molecule has 0 radical (unpaired) electrons. The highest BCUT2D eigenvalue weighted by Crippen LogP contribution is 2.29. The zero-order valence-corrected chi connectivity index (χ0v) is 17.9. The van der Waals surface area contributed by atoms with E-state index in [1.165, 1.54) is 6.42 Å². The number of hydrogen-bond acceptors (Lipinski definition) is 3. The summed E-state index contributed by atoms with van der Waals surface area (Å²) in [6.45, 7) is 4.95. The van der Waals surface area contributed by atoms with Crippen LogP contribution in [0.2, 0.25) is 0 Å². The first-order valence-electron chi connectivity index (χ1n) is 10.9. The van der Waals surface area contributed by atoms with Gasteiger partial charge in [-0.3, -0.25) is 9.59 Å². The maximum absolute atomic E-state index is 12.2. The van der Waals surface area contributed by atoms with Gasteiger partial charge in [0.05, 0.1) is 0 Å². The van der Waals surface area contributed by atoms with Crippen LogP contribution in [-0.2, 0) is 16.2 Å². The number of amides is 2. The van der Waals surface area contributed by atoms with E-state index < -0.39 is 0 Å². The molecule has 3 atom stereocenters. The lowest BCUT2D eigenvalue weighted by Gasteiger charge is -2.34. The summed E-state index contributed by atoms with van der Waals surface area (Å²) in [6.07, 6.45) is 3.80. The van der Waals surface area contributed by atoms with Gasteiger partial charge in [-0.25, -0.2) is 0 Å². The summed E-state index contributed by atoms with van der Waals surface area (Å²) in [5, 5.41) is 5.96. The van der Waals surface area contributed by atoms with Crippen molar-refractivity contribution in [1.29, 1.82) is 0 Å². The third-order valence-corrected chi connectivity index (χ3v) is 6.02. The van der Waals surface area contributed by atoms with Gasteiger partial charge < -0.3 is 15.4 Å². The summed E-state index contributed by atoms with van der Waals surface area (Å²) in [7, 11) is 0. The molecule has 2 N–H and O–H groups in total. The van der Waals surface area contributed by atoms with Crippen molar-refractivity contribution in [2.75, 3.05) is 5.32 Å². The van der Waals surface area contributed by atoms with Crippen molar-refractivity contribution in [2.24, 2.45) is 11.8 Å². The number of carbonyl (C=O) groups is 2. The van der Waals surface area contributed by atoms with Crippen LogP contribution < -0.4 is 15.4 Å². The third kappa shape index (κ3) is 6.61. The molecule has 1 aliphatic carbocycles. The molecular weight excluding hydrogens is 376 g/mol. The maximum Gasteiger partial charge on any atom is 0.224 e. The highest BCUT2D eigenvalue weighted by atomic mass is 16.5. The topological polar surface area (TPSA) is 67.4 Å². The molecule has 1 saturated carbocycles. The molecule has 2 aromatic rings. The Morgan fingerprint density at radius 2 is 1.63 bits per heavy atom. The van der Waals surface area contributed by atoms with Crippen LogP contribution in [0.15, 0.2) is 54.6 Å². The molecule has 0 spiro atoms. The van der Waals surface area contributed by atoms with Crippen LogP contribution in [0.3, 0.4) is 0 Å². The predicted octanol–water partition coefficient (Wildman–Crippen LogP) is 4.93. The minimum absolute atomic E-state index is 0.0410. The average Bonchev–Trinajstić information content (AvgIpc) is 2.76. The van der Waals surface area contributed by atoms with Gasteiger partial charge in [0.15, 0.2) is 0 Å². The Labute approximate surface area is 179 Å². The van der Waals surface area contributed by atoms with E-state index in [1.807, 2.05) is 54.6 Å². The summed E-state index contributed by atoms with van der Waals surface area (Å²) in [6, 6.07) is 17.5. The Balaban J connectivity index is 1.38. The molecule has 0 unspecified atom stereocenters. The molecule has 0 aromatic heterocycles. The van der Waals surface area contributed by atoms with Crippen LogP contribution in [0.5, 0.6) is 5.75 Å². The zero-order valence-electron chi connectivity index (χ0n) is 17.9. The quantitative estimate of drug-likeness (QED) is 0.651. The van der Waals surface area contributed by atoms with Crippen molar-refractivity contribution in [1.82, 2.24) is 5.32 Å². The molecule has 0 aliphatic heterocycles. The monoisotopic (exact) mass is 408 g/mol. The van der Waals surface area contributed by atoms with E-state index in [-0.39, 0.29) is 30.7 Å². The molecule has 30 heavy (non-hydrogen) atoms. The van der Waals surface area contributed by atoms with Crippen molar-refractivity contribution in [3.63, 3.8) is 0 Å². The van der Waals surface area contributed by atoms with Crippen molar-refractivity contribution in [3.8, 4) is 5.75 Å². The van der Waals surface area contributed by atoms with Gasteiger partial charge in [0.25, 0.3) is 0 Å². The first-order chi connectivity index (χ1) is 14.5. The van der Waals surface area contributed by atoms with Crippen molar-refractivity contribution in [2.45, 2.75) is 58.6 Å². The third-order valence-electron chi connectivity index (χ3n) is 6.02. The second kappa shape index (κ2) is 10.8. The van der Waals surface area contributed by atoms with Gasteiger partial charge in [-0.2, -0.15) is 0 Å². The van der Waals surface area contributed by atoms with Gasteiger partial charge in [0.2, 0.25) is 11.8 Å². The Bertz CT molecular complexity index is 820. The molecule has 0 heterocycles. The Morgan fingerprint density at radius 3 is 2.37 bits per heavy atom. The summed E-state index contributed by atoms with van der Waals surface area (Å²) < 4.78 is 5.75. The summed E-state index contributed by atoms with van der Waals surface area (Å²) in [5.74, 6) is 1.66. The SMILES string of the molecule is C[C@H]1[C@H](C)CCC[C@H]1NC(=O)CCC(=O)Nc1ccc(OCc2ccccc2)cc1. The van der Waals surface area contributed by atoms with Crippen LogP contribution >= 0.6 is 0 Å². The fourth-order valence-electron chi connectivity index (χ4n) is 3.89. The lowest BCUT2D eigenvalue weighted by atomic mass is 9.78. The molecule has 0 bridgehead atoms. The van der Waals surface area contributed by atoms with E-state index >= 15 is 0 Å². The van der Waals surface area contributed by atoms with Crippen LogP contribution in [-0.4, -0.2) is 17.9 Å². The normalized spacial score (nSPS) is 20.9. The van der Waals surface area contributed by atoms with Crippen LogP contribution in [0.4, 0.5) is 5.69 Å². The minimum atomic E-state index is -0.159. The second-order valence-electron chi connectivity index (χ2n) is 8.29. The summed E-state index contributed by atoms with van der Waals surface area (Å²) in [4.78, 5) is 24.4. The highest BCUT2D eigenvalue weighted by Gasteiger charge is 2.28. The van der Waals surface area contributed by atoms with Gasteiger partial charge in [-0.15, -0.1) is 0 Å². The Morgan fingerprint density at radius 1 is 0.933 bits per heavy atom. The van der Waals surface area contributed by atoms with Gasteiger partial charge in [0, 0.05) is 24.6 Å². The molecule has 2 amide bonds. The number of ether oxygens (including phenoxy) is 1. The number of hydrogen-bond donors (Lipinski definition) is 2. The van der Waals surface area contributed by atoms with Crippen molar-refractivity contribution < 1.29 is 14.3 Å². The average molecular weight is 409 g/mol. The number of rotatable bonds is 8. The van der Waals surface area contributed by atoms with E-state index in [2.05, 4.69) is 24.5 Å². The van der Waals surface area contributed by atoms with Gasteiger partial charge in [0.1, 0.15) is 12.4 Å². The summed E-state index contributed by atoms with van der Waals surface area (Å²) in [5.41, 5.74) is 1.80. The lowest BCUT2D eigenvalue weighted by Crippen LogP contribution is -2.43. The molecule has 160 valence electrons. The fourth-order valence-corrected chi connectivity index (χ4v) is 3.89. The molecule has 2 aromatic carbocycles. The predicted molar refractivity (Wildman–Crippen MR) is 119 cm³/mol. The number of carbonyl (C=O) groups excluding carboxylic acids is 2. The Hall–Kier alpha value is -2.82. The van der Waals surface area contributed by atoms with Crippen LogP contribution in [0, 0.1) is 11.8 Å². The molecule has 5 nitrogen and oxygen atoms in total. The lowest BCUT2D eigenvalue weighted by molar-refractivity contribution is -0.125. The summed E-state index contributed by atoms with van der Waals surface area (Å²) >= 11 is 0. The standard InChI is InChI=1S/C25H32N2O3/c1-18-7-6-10-23(19(18)2)27-25(29)16-15-24(28)26-21-11-13-22(14-12-21)30-17-20-8-4-3-5-9-20/h3-5,8-9,11-14,18-19,23H,6-7,10,15-17H2,1-2H3,(H,26,28)(H,27,29)/t18-,19+,23-/m1/s1. The van der Waals surface area contributed by atoms with Gasteiger partial charge in [-0.05, 0) is 48.1 Å². The van der Waals surface area contributed by atoms with E-state index in [4.69, 9.17) is 4.74 Å². The van der Waals surface area contributed by atoms with E-state index in [1.54, 1.807) is 0 Å². The van der Waals surface area contributed by atoms with Gasteiger partial charge >= 0.3 is 0 Å². The zero-order chi connectivity index (χ0) is 21.3. The molecule has 0 saturated heterocycles. The van der Waals surface area contributed by atoms with E-state index in [0.29, 0.717) is 24.1 Å². The molecule has 3 rings (SSSR count). The maximum atomic E-state index is 12.2. The second-order valence-corrected chi connectivity index (χ2v) is 8.29. The van der Waals surface area contributed by atoms with Crippen molar-refractivity contribution in [3.05, 3.63) is 60.2 Å². The van der Waals surface area contributed by atoms with Crippen LogP contribution in [0.25, 0.3) is 0 Å². The molecule has 1 aliphatic rings. The molecular formula is C25H32N2O3. The minimum Gasteiger partial charge on any atom is -0.489 e. The number of nitrogens with one attached hydrogen (secondary N) is 2. The van der Waals surface area contributed by atoms with E-state index in [9.17, 15) is 9.59 Å².